The molecule has 0 aliphatic heterocycles. The second-order valence-electron chi connectivity index (χ2n) is 6.22. The number of hydrazone groups is 1. The number of hydrogen-bond donors (Lipinski definition) is 2. The van der Waals surface area contributed by atoms with Crippen LogP contribution in [0.3, 0.4) is 0 Å². The SMILES string of the molecule is COc1cccc(C(=O)N/N=C(/c2c(C)[nH]n(-c3ccccc3)c2=O)C(F)(F)F)c1. The van der Waals surface area contributed by atoms with Crippen molar-refractivity contribution in [1.29, 1.82) is 0 Å². The van der Waals surface area contributed by atoms with Gasteiger partial charge in [0.05, 0.1) is 18.4 Å². The molecule has 0 atom stereocenters. The summed E-state index contributed by atoms with van der Waals surface area (Å²) in [6.45, 7) is 1.32. The van der Waals surface area contributed by atoms with Gasteiger partial charge in [-0.25, -0.2) is 10.1 Å². The lowest BCUT2D eigenvalue weighted by atomic mass is 10.1. The molecule has 0 saturated heterocycles. The van der Waals surface area contributed by atoms with Crippen LogP contribution in [0.25, 0.3) is 5.69 Å². The molecule has 156 valence electrons. The van der Waals surface area contributed by atoms with Gasteiger partial charge in [0.1, 0.15) is 5.75 Å². The topological polar surface area (TPSA) is 88.5 Å². The number of benzene rings is 2. The van der Waals surface area contributed by atoms with Crippen LogP contribution in [0.2, 0.25) is 0 Å². The smallest absolute Gasteiger partial charge is 0.435 e. The summed E-state index contributed by atoms with van der Waals surface area (Å²) in [6.07, 6.45) is -4.98. The third kappa shape index (κ3) is 4.27. The fourth-order valence-electron chi connectivity index (χ4n) is 2.78. The Morgan fingerprint density at radius 1 is 1.13 bits per heavy atom. The summed E-state index contributed by atoms with van der Waals surface area (Å²) in [5, 5.41) is 5.85. The minimum Gasteiger partial charge on any atom is -0.497 e. The highest BCUT2D eigenvalue weighted by atomic mass is 19.4. The van der Waals surface area contributed by atoms with Gasteiger partial charge in [-0.2, -0.15) is 18.3 Å². The van der Waals surface area contributed by atoms with E-state index in [1.54, 1.807) is 36.4 Å². The van der Waals surface area contributed by atoms with Crippen molar-refractivity contribution in [2.24, 2.45) is 5.10 Å². The molecule has 0 saturated carbocycles. The van der Waals surface area contributed by atoms with Crippen LogP contribution in [0.5, 0.6) is 5.75 Å². The fraction of sp³-hybridized carbons (Fsp3) is 0.150. The first-order chi connectivity index (χ1) is 14.2. The van der Waals surface area contributed by atoms with Crippen LogP contribution < -0.4 is 15.7 Å². The first-order valence-corrected chi connectivity index (χ1v) is 8.69. The highest BCUT2D eigenvalue weighted by Gasteiger charge is 2.41. The van der Waals surface area contributed by atoms with Crippen molar-refractivity contribution in [2.45, 2.75) is 13.1 Å². The van der Waals surface area contributed by atoms with E-state index in [0.29, 0.717) is 11.4 Å². The second-order valence-corrected chi connectivity index (χ2v) is 6.22. The zero-order valence-electron chi connectivity index (χ0n) is 15.9. The van der Waals surface area contributed by atoms with Gasteiger partial charge in [0.2, 0.25) is 0 Å². The van der Waals surface area contributed by atoms with Crippen LogP contribution in [-0.4, -0.2) is 34.7 Å². The number of aromatic amines is 1. The molecular weight excluding hydrogens is 401 g/mol. The number of hydrogen-bond acceptors (Lipinski definition) is 4. The van der Waals surface area contributed by atoms with Gasteiger partial charge in [-0.1, -0.05) is 24.3 Å². The number of methoxy groups -OCH3 is 1. The molecule has 0 aliphatic rings. The van der Waals surface area contributed by atoms with Crippen LogP contribution in [-0.2, 0) is 0 Å². The molecule has 0 spiro atoms. The Hall–Kier alpha value is -3.82. The lowest BCUT2D eigenvalue weighted by molar-refractivity contribution is -0.0584. The molecule has 0 unspecified atom stereocenters. The minimum absolute atomic E-state index is 0.0458. The molecule has 1 aromatic heterocycles. The Morgan fingerprint density at radius 2 is 1.83 bits per heavy atom. The summed E-state index contributed by atoms with van der Waals surface area (Å²) >= 11 is 0. The normalized spacial score (nSPS) is 12.0. The maximum atomic E-state index is 13.7. The number of rotatable bonds is 5. The van der Waals surface area contributed by atoms with E-state index in [4.69, 9.17) is 4.74 Å². The van der Waals surface area contributed by atoms with E-state index in [1.165, 1.54) is 32.2 Å². The Labute approximate surface area is 168 Å². The number of halogens is 3. The second kappa shape index (κ2) is 8.27. The van der Waals surface area contributed by atoms with Crippen molar-refractivity contribution in [3.05, 3.63) is 81.8 Å². The summed E-state index contributed by atoms with van der Waals surface area (Å²) in [7, 11) is 1.39. The predicted molar refractivity (Wildman–Crippen MR) is 104 cm³/mol. The van der Waals surface area contributed by atoms with E-state index in [9.17, 15) is 22.8 Å². The van der Waals surface area contributed by atoms with Crippen LogP contribution in [0.15, 0.2) is 64.5 Å². The lowest BCUT2D eigenvalue weighted by Gasteiger charge is -2.10. The third-order valence-electron chi connectivity index (χ3n) is 4.19. The number of carbonyl (C=O) groups excluding carboxylic acids is 1. The zero-order chi connectivity index (χ0) is 21.9. The molecule has 1 heterocycles. The van der Waals surface area contributed by atoms with E-state index in [1.807, 2.05) is 5.43 Å². The van der Waals surface area contributed by atoms with Gasteiger partial charge >= 0.3 is 6.18 Å². The number of nitrogens with one attached hydrogen (secondary N) is 2. The highest BCUT2D eigenvalue weighted by Crippen LogP contribution is 2.23. The number of aryl methyl sites for hydroxylation is 1. The van der Waals surface area contributed by atoms with Crippen LogP contribution in [0, 0.1) is 6.92 Å². The number of alkyl halides is 3. The largest absolute Gasteiger partial charge is 0.497 e. The van der Waals surface area contributed by atoms with Gasteiger partial charge in [0.15, 0.2) is 5.71 Å². The first kappa shape index (κ1) is 20.9. The molecule has 3 aromatic rings. The van der Waals surface area contributed by atoms with Gasteiger partial charge in [-0.05, 0) is 37.3 Å². The standard InChI is InChI=1S/C20H17F3N4O3/c1-12-16(19(29)27(26-12)14-8-4-3-5-9-14)17(20(21,22)23)24-25-18(28)13-7-6-10-15(11-13)30-2/h3-11,26H,1-2H3,(H,25,28)/b24-17-. The molecule has 0 radical (unpaired) electrons. The molecular formula is C20H17F3N4O3. The molecule has 0 fully saturated rings. The number of carbonyl (C=O) groups is 1. The van der Waals surface area contributed by atoms with Gasteiger partial charge < -0.3 is 4.74 Å². The van der Waals surface area contributed by atoms with Gasteiger partial charge in [0.25, 0.3) is 11.5 Å². The van der Waals surface area contributed by atoms with E-state index >= 15 is 0 Å². The summed E-state index contributed by atoms with van der Waals surface area (Å²) in [6, 6.07) is 14.0. The molecule has 7 nitrogen and oxygen atoms in total. The van der Waals surface area contributed by atoms with Crippen molar-refractivity contribution in [2.75, 3.05) is 7.11 Å². The molecule has 0 aliphatic carbocycles. The summed E-state index contributed by atoms with van der Waals surface area (Å²) < 4.78 is 47.0. The number of para-hydroxylation sites is 1. The maximum absolute atomic E-state index is 13.7. The minimum atomic E-state index is -4.98. The molecule has 1 amide bonds. The maximum Gasteiger partial charge on any atom is 0.435 e. The summed E-state index contributed by atoms with van der Waals surface area (Å²) in [4.78, 5) is 24.9. The third-order valence-corrected chi connectivity index (χ3v) is 4.19. The monoisotopic (exact) mass is 418 g/mol. The molecule has 0 bridgehead atoms. The van der Waals surface area contributed by atoms with Crippen LogP contribution >= 0.6 is 0 Å². The number of amides is 1. The van der Waals surface area contributed by atoms with Crippen molar-refractivity contribution in [3.63, 3.8) is 0 Å². The lowest BCUT2D eigenvalue weighted by Crippen LogP contribution is -2.33. The quantitative estimate of drug-likeness (QED) is 0.493. The number of nitrogens with zero attached hydrogens (tertiary/aromatic N) is 2. The van der Waals surface area contributed by atoms with Gasteiger partial charge in [-0.15, -0.1) is 0 Å². The molecule has 2 aromatic carbocycles. The Kier molecular flexibility index (Phi) is 5.77. The first-order valence-electron chi connectivity index (χ1n) is 8.69. The van der Waals surface area contributed by atoms with Crippen molar-refractivity contribution >= 4 is 11.6 Å². The fourth-order valence-corrected chi connectivity index (χ4v) is 2.78. The van der Waals surface area contributed by atoms with E-state index < -0.39 is 28.9 Å². The average molecular weight is 418 g/mol. The Balaban J connectivity index is 2.01. The average Bonchev–Trinajstić information content (AvgIpc) is 3.02. The number of ether oxygens (including phenoxy) is 1. The predicted octanol–water partition coefficient (Wildman–Crippen LogP) is 3.18. The number of H-pyrrole nitrogens is 1. The highest BCUT2D eigenvalue weighted by molar-refractivity contribution is 6.06. The molecule has 10 heteroatoms. The number of aromatic nitrogens is 2. The zero-order valence-corrected chi connectivity index (χ0v) is 15.9. The van der Waals surface area contributed by atoms with Crippen LogP contribution in [0.1, 0.15) is 21.6 Å². The van der Waals surface area contributed by atoms with Gasteiger partial charge in [-0.3, -0.25) is 14.7 Å². The van der Waals surface area contributed by atoms with E-state index in [2.05, 4.69) is 10.2 Å². The molecule has 30 heavy (non-hydrogen) atoms. The van der Waals surface area contributed by atoms with E-state index in [0.717, 1.165) is 4.68 Å². The Morgan fingerprint density at radius 3 is 2.47 bits per heavy atom. The van der Waals surface area contributed by atoms with Gasteiger partial charge in [0, 0.05) is 11.3 Å². The van der Waals surface area contributed by atoms with Crippen molar-refractivity contribution in [1.82, 2.24) is 15.2 Å². The summed E-state index contributed by atoms with van der Waals surface area (Å²) in [5.41, 5.74) is -0.897. The van der Waals surface area contributed by atoms with Crippen molar-refractivity contribution in [3.8, 4) is 11.4 Å². The summed E-state index contributed by atoms with van der Waals surface area (Å²) in [5.74, 6) is -0.526. The van der Waals surface area contributed by atoms with Crippen LogP contribution in [0.4, 0.5) is 13.2 Å². The Bertz CT molecular complexity index is 1150. The molecule has 3 rings (SSSR count). The van der Waals surface area contributed by atoms with Crippen molar-refractivity contribution < 1.29 is 22.7 Å². The molecule has 2 N–H and O–H groups in total. The van der Waals surface area contributed by atoms with E-state index in [-0.39, 0.29) is 11.3 Å².